The molecule has 88 valence electrons. The Bertz CT molecular complexity index is 512. The Kier molecular flexibility index (Phi) is 4.59. The zero-order chi connectivity index (χ0) is 12.3. The van der Waals surface area contributed by atoms with Crippen molar-refractivity contribution >= 4 is 53.5 Å². The summed E-state index contributed by atoms with van der Waals surface area (Å²) in [5, 5.41) is 3.32. The van der Waals surface area contributed by atoms with Gasteiger partial charge in [0.25, 0.3) is 0 Å². The van der Waals surface area contributed by atoms with Crippen LogP contribution in [0.4, 0.5) is 5.69 Å². The highest BCUT2D eigenvalue weighted by molar-refractivity contribution is 9.11. The molecule has 0 amide bonds. The summed E-state index contributed by atoms with van der Waals surface area (Å²) >= 11 is 10.3. The predicted octanol–water partition coefficient (Wildman–Crippen LogP) is 4.98. The van der Waals surface area contributed by atoms with Crippen LogP contribution in [0.1, 0.15) is 5.69 Å². The highest BCUT2D eigenvalue weighted by atomic mass is 79.9. The zero-order valence-electron chi connectivity index (χ0n) is 8.75. The molecule has 5 heteroatoms. The number of nitrogens with one attached hydrogen (secondary N) is 1. The van der Waals surface area contributed by atoms with Crippen LogP contribution in [0.3, 0.4) is 0 Å². The number of hydrogen-bond acceptors (Lipinski definition) is 2. The number of pyridine rings is 1. The van der Waals surface area contributed by atoms with Gasteiger partial charge >= 0.3 is 0 Å². The minimum absolute atomic E-state index is 0.690. The van der Waals surface area contributed by atoms with Gasteiger partial charge in [0.2, 0.25) is 0 Å². The lowest BCUT2D eigenvalue weighted by Gasteiger charge is -2.07. The summed E-state index contributed by atoms with van der Waals surface area (Å²) in [5.41, 5.74) is 2.06. The normalized spacial score (nSPS) is 10.3. The van der Waals surface area contributed by atoms with Crippen molar-refractivity contribution in [2.75, 3.05) is 5.32 Å². The van der Waals surface area contributed by atoms with Crippen LogP contribution >= 0.6 is 47.8 Å². The van der Waals surface area contributed by atoms with Crippen molar-refractivity contribution in [2.24, 2.45) is 0 Å². The fourth-order valence-corrected chi connectivity index (χ4v) is 2.72. The van der Waals surface area contributed by atoms with Gasteiger partial charge in [-0.25, -0.2) is 0 Å². The number of rotatable bonds is 3. The smallest absolute Gasteiger partial charge is 0.0737 e. The van der Waals surface area contributed by atoms with E-state index in [0.29, 0.717) is 6.54 Å². The average molecular weight is 421 g/mol. The molecule has 0 radical (unpaired) electrons. The van der Waals surface area contributed by atoms with Crippen molar-refractivity contribution in [3.8, 4) is 0 Å². The van der Waals surface area contributed by atoms with Gasteiger partial charge in [-0.1, -0.05) is 15.9 Å². The standard InChI is InChI=1S/C12H9Br3N2/c13-8-1-3-10(4-2-8)16-7-12-11(15)5-9(14)6-17-12/h1-6,16H,7H2. The second kappa shape index (κ2) is 5.98. The maximum atomic E-state index is 4.34. The largest absolute Gasteiger partial charge is 0.379 e. The molecule has 0 bridgehead atoms. The first kappa shape index (κ1) is 13.1. The van der Waals surface area contributed by atoms with Crippen LogP contribution in [0, 0.1) is 0 Å². The summed E-state index contributed by atoms with van der Waals surface area (Å²) in [4.78, 5) is 4.34. The number of hydrogen-bond donors (Lipinski definition) is 1. The summed E-state index contributed by atoms with van der Waals surface area (Å²) < 4.78 is 3.04. The Hall–Kier alpha value is -0.390. The molecule has 2 rings (SSSR count). The van der Waals surface area contributed by atoms with Gasteiger partial charge < -0.3 is 5.32 Å². The number of aromatic nitrogens is 1. The second-order valence-electron chi connectivity index (χ2n) is 3.44. The SMILES string of the molecule is Brc1ccc(NCc2ncc(Br)cc2Br)cc1. The van der Waals surface area contributed by atoms with Gasteiger partial charge in [-0.2, -0.15) is 0 Å². The molecular weight excluding hydrogens is 412 g/mol. The van der Waals surface area contributed by atoms with Gasteiger partial charge in [0.15, 0.2) is 0 Å². The molecule has 17 heavy (non-hydrogen) atoms. The van der Waals surface area contributed by atoms with E-state index in [1.54, 1.807) is 6.20 Å². The minimum Gasteiger partial charge on any atom is -0.379 e. The minimum atomic E-state index is 0.690. The Balaban J connectivity index is 2.04. The third-order valence-electron chi connectivity index (χ3n) is 2.19. The van der Waals surface area contributed by atoms with Crippen molar-refractivity contribution in [2.45, 2.75) is 6.54 Å². The summed E-state index contributed by atoms with van der Waals surface area (Å²) in [6.45, 7) is 0.690. The monoisotopic (exact) mass is 418 g/mol. The molecule has 1 N–H and O–H groups in total. The highest BCUT2D eigenvalue weighted by Crippen LogP contribution is 2.21. The number of anilines is 1. The van der Waals surface area contributed by atoms with Crippen molar-refractivity contribution in [3.05, 3.63) is 55.6 Å². The van der Waals surface area contributed by atoms with Crippen LogP contribution in [0.5, 0.6) is 0 Å². The first-order valence-corrected chi connectivity index (χ1v) is 7.32. The fourth-order valence-electron chi connectivity index (χ4n) is 1.33. The van der Waals surface area contributed by atoms with E-state index in [2.05, 4.69) is 58.1 Å². The number of nitrogens with zero attached hydrogens (tertiary/aromatic N) is 1. The van der Waals surface area contributed by atoms with E-state index in [1.807, 2.05) is 30.3 Å². The molecule has 0 aliphatic heterocycles. The van der Waals surface area contributed by atoms with Crippen LogP contribution in [-0.2, 0) is 6.54 Å². The van der Waals surface area contributed by atoms with Gasteiger partial charge in [-0.05, 0) is 62.2 Å². The lowest BCUT2D eigenvalue weighted by Crippen LogP contribution is -2.02. The van der Waals surface area contributed by atoms with E-state index < -0.39 is 0 Å². The maximum absolute atomic E-state index is 4.34. The van der Waals surface area contributed by atoms with Crippen LogP contribution in [0.25, 0.3) is 0 Å². The van der Waals surface area contributed by atoms with Crippen molar-refractivity contribution in [1.29, 1.82) is 0 Å². The molecule has 1 heterocycles. The Labute approximate surface area is 125 Å². The Morgan fingerprint density at radius 2 is 1.71 bits per heavy atom. The Morgan fingerprint density at radius 3 is 2.35 bits per heavy atom. The highest BCUT2D eigenvalue weighted by Gasteiger charge is 2.02. The third-order valence-corrected chi connectivity index (χ3v) is 3.84. The van der Waals surface area contributed by atoms with Crippen LogP contribution in [-0.4, -0.2) is 4.98 Å². The Morgan fingerprint density at radius 1 is 1.00 bits per heavy atom. The quantitative estimate of drug-likeness (QED) is 0.757. The van der Waals surface area contributed by atoms with Gasteiger partial charge in [0, 0.05) is 25.3 Å². The molecule has 0 saturated heterocycles. The molecule has 0 saturated carbocycles. The molecule has 0 aliphatic carbocycles. The van der Waals surface area contributed by atoms with Gasteiger partial charge in [-0.15, -0.1) is 0 Å². The van der Waals surface area contributed by atoms with Gasteiger partial charge in [0.05, 0.1) is 12.2 Å². The lowest BCUT2D eigenvalue weighted by atomic mass is 10.3. The molecule has 0 atom stereocenters. The van der Waals surface area contributed by atoms with E-state index in [1.165, 1.54) is 0 Å². The topological polar surface area (TPSA) is 24.9 Å². The maximum Gasteiger partial charge on any atom is 0.0737 e. The average Bonchev–Trinajstić information content (AvgIpc) is 2.30. The molecule has 2 nitrogen and oxygen atoms in total. The summed E-state index contributed by atoms with van der Waals surface area (Å²) in [6, 6.07) is 10.1. The van der Waals surface area contributed by atoms with Crippen LogP contribution in [0.15, 0.2) is 49.9 Å². The van der Waals surface area contributed by atoms with E-state index >= 15 is 0 Å². The van der Waals surface area contributed by atoms with E-state index in [4.69, 9.17) is 0 Å². The molecule has 2 aromatic rings. The summed E-state index contributed by atoms with van der Waals surface area (Å²) in [6.07, 6.45) is 1.79. The van der Waals surface area contributed by atoms with E-state index in [-0.39, 0.29) is 0 Å². The molecule has 0 unspecified atom stereocenters. The fraction of sp³-hybridized carbons (Fsp3) is 0.0833. The molecule has 1 aromatic heterocycles. The number of benzene rings is 1. The molecule has 0 aliphatic rings. The lowest BCUT2D eigenvalue weighted by molar-refractivity contribution is 1.03. The zero-order valence-corrected chi connectivity index (χ0v) is 13.5. The third kappa shape index (κ3) is 3.79. The van der Waals surface area contributed by atoms with E-state index in [0.717, 1.165) is 24.8 Å². The second-order valence-corrected chi connectivity index (χ2v) is 6.13. The van der Waals surface area contributed by atoms with Crippen molar-refractivity contribution in [1.82, 2.24) is 4.98 Å². The number of halogens is 3. The molecule has 0 spiro atoms. The van der Waals surface area contributed by atoms with Crippen molar-refractivity contribution in [3.63, 3.8) is 0 Å². The molecule has 0 fully saturated rings. The molecular formula is C12H9Br3N2. The first-order valence-electron chi connectivity index (χ1n) is 4.94. The van der Waals surface area contributed by atoms with E-state index in [9.17, 15) is 0 Å². The predicted molar refractivity (Wildman–Crippen MR) is 81.1 cm³/mol. The summed E-state index contributed by atoms with van der Waals surface area (Å²) in [5.74, 6) is 0. The van der Waals surface area contributed by atoms with Gasteiger partial charge in [0.1, 0.15) is 0 Å². The van der Waals surface area contributed by atoms with Gasteiger partial charge in [-0.3, -0.25) is 4.98 Å². The summed E-state index contributed by atoms with van der Waals surface area (Å²) in [7, 11) is 0. The van der Waals surface area contributed by atoms with Crippen LogP contribution in [0.2, 0.25) is 0 Å². The molecule has 1 aromatic carbocycles. The van der Waals surface area contributed by atoms with Crippen LogP contribution < -0.4 is 5.32 Å². The van der Waals surface area contributed by atoms with Crippen molar-refractivity contribution < 1.29 is 0 Å². The first-order chi connectivity index (χ1) is 8.15.